The van der Waals surface area contributed by atoms with Gasteiger partial charge in [-0.25, -0.2) is 5.06 Å². The summed E-state index contributed by atoms with van der Waals surface area (Å²) in [5.41, 5.74) is 2.08. The molecule has 1 aromatic rings. The fourth-order valence-corrected chi connectivity index (χ4v) is 2.91. The van der Waals surface area contributed by atoms with Crippen LogP contribution in [0.25, 0.3) is 0 Å². The van der Waals surface area contributed by atoms with Gasteiger partial charge in [-0.15, -0.1) is 0 Å². The van der Waals surface area contributed by atoms with Gasteiger partial charge in [-0.3, -0.25) is 4.84 Å². The Morgan fingerprint density at radius 1 is 1.23 bits per heavy atom. The summed E-state index contributed by atoms with van der Waals surface area (Å²) in [6.07, 6.45) is 7.71. The molecule has 1 aliphatic heterocycles. The van der Waals surface area contributed by atoms with Gasteiger partial charge in [-0.2, -0.15) is 0 Å². The van der Waals surface area contributed by atoms with E-state index in [0.717, 1.165) is 30.4 Å². The lowest BCUT2D eigenvalue weighted by Crippen LogP contribution is -2.39. The van der Waals surface area contributed by atoms with Crippen molar-refractivity contribution in [3.63, 3.8) is 0 Å². The molecule has 3 nitrogen and oxygen atoms in total. The Morgan fingerprint density at radius 3 is 2.59 bits per heavy atom. The molecule has 1 unspecified atom stereocenters. The largest absolute Gasteiger partial charge is 0.301 e. The molecule has 0 bridgehead atoms. The zero-order valence-corrected chi connectivity index (χ0v) is 13.9. The van der Waals surface area contributed by atoms with Crippen LogP contribution >= 0.6 is 0 Å². The topological polar surface area (TPSA) is 29.5 Å². The summed E-state index contributed by atoms with van der Waals surface area (Å²) in [5, 5.41) is 1.84. The summed E-state index contributed by atoms with van der Waals surface area (Å²) < 4.78 is 0. The van der Waals surface area contributed by atoms with Crippen LogP contribution in [-0.2, 0) is 16.2 Å². The third kappa shape index (κ3) is 3.98. The van der Waals surface area contributed by atoms with E-state index in [2.05, 4.69) is 26.8 Å². The smallest absolute Gasteiger partial charge is 0.145 e. The van der Waals surface area contributed by atoms with Gasteiger partial charge in [0.1, 0.15) is 12.3 Å². The molecule has 0 saturated heterocycles. The van der Waals surface area contributed by atoms with Crippen molar-refractivity contribution in [2.24, 2.45) is 5.41 Å². The molecule has 1 aromatic carbocycles. The number of hydroxylamine groups is 2. The lowest BCUT2D eigenvalue weighted by Gasteiger charge is -2.30. The van der Waals surface area contributed by atoms with E-state index in [9.17, 15) is 4.79 Å². The van der Waals surface area contributed by atoms with Crippen LogP contribution in [0.2, 0.25) is 0 Å². The molecule has 0 saturated carbocycles. The molecule has 0 spiro atoms. The van der Waals surface area contributed by atoms with Gasteiger partial charge < -0.3 is 4.79 Å². The highest BCUT2D eigenvalue weighted by Gasteiger charge is 2.40. The third-order valence-corrected chi connectivity index (χ3v) is 4.22. The van der Waals surface area contributed by atoms with E-state index >= 15 is 0 Å². The zero-order valence-electron chi connectivity index (χ0n) is 13.9. The first-order valence-electron chi connectivity index (χ1n) is 8.21. The Hall–Kier alpha value is -1.61. The molecule has 3 heteroatoms. The Labute approximate surface area is 133 Å². The predicted molar refractivity (Wildman–Crippen MR) is 88.9 cm³/mol. The maximum atomic E-state index is 11.6. The number of hydrogen-bond donors (Lipinski definition) is 0. The van der Waals surface area contributed by atoms with E-state index in [1.165, 1.54) is 12.8 Å². The van der Waals surface area contributed by atoms with Crippen LogP contribution in [0.3, 0.4) is 0 Å². The quantitative estimate of drug-likeness (QED) is 0.523. The molecule has 1 aliphatic rings. The maximum Gasteiger partial charge on any atom is 0.145 e. The second-order valence-electron chi connectivity index (χ2n) is 6.58. The van der Waals surface area contributed by atoms with Gasteiger partial charge in [0.25, 0.3) is 0 Å². The molecule has 1 atom stereocenters. The van der Waals surface area contributed by atoms with E-state index in [-0.39, 0.29) is 11.5 Å². The molecular weight excluding hydrogens is 274 g/mol. The molecule has 2 rings (SSSR count). The summed E-state index contributed by atoms with van der Waals surface area (Å²) in [7, 11) is 0. The second-order valence-corrected chi connectivity index (χ2v) is 6.58. The number of nitrogens with zero attached hydrogens (tertiary/aromatic N) is 1. The number of carbonyl (C=O) groups is 1. The number of carbonyl (C=O) groups excluding carboxylic acids is 1. The lowest BCUT2D eigenvalue weighted by molar-refractivity contribution is -0.176. The van der Waals surface area contributed by atoms with Crippen molar-refractivity contribution in [3.05, 3.63) is 47.7 Å². The highest BCUT2D eigenvalue weighted by Crippen LogP contribution is 2.38. The molecule has 22 heavy (non-hydrogen) atoms. The van der Waals surface area contributed by atoms with Crippen molar-refractivity contribution in [3.8, 4) is 0 Å². The van der Waals surface area contributed by atoms with Crippen molar-refractivity contribution in [1.29, 1.82) is 0 Å². The van der Waals surface area contributed by atoms with Gasteiger partial charge in [0, 0.05) is 11.1 Å². The average molecular weight is 301 g/mol. The van der Waals surface area contributed by atoms with Gasteiger partial charge in [0.05, 0.1) is 6.61 Å². The number of hydrogen-bond acceptors (Lipinski definition) is 3. The van der Waals surface area contributed by atoms with E-state index in [1.807, 2.05) is 35.4 Å². The summed E-state index contributed by atoms with van der Waals surface area (Å²) in [4.78, 5) is 17.6. The first kappa shape index (κ1) is 16.8. The standard InChI is InChI=1S/C19H27NO2/c1-4-5-7-12-17-13-19(2,3)18(14-21)20(17)22-15-16-10-8-6-9-11-16/h6,8-11,13-14,18H,4-5,7,12,15H2,1-3H3. The Balaban J connectivity index is 2.06. The average Bonchev–Trinajstić information content (AvgIpc) is 2.76. The van der Waals surface area contributed by atoms with Crippen molar-refractivity contribution in [2.75, 3.05) is 0 Å². The molecule has 0 fully saturated rings. The van der Waals surface area contributed by atoms with E-state index in [0.29, 0.717) is 6.61 Å². The van der Waals surface area contributed by atoms with E-state index in [4.69, 9.17) is 4.84 Å². The summed E-state index contributed by atoms with van der Waals surface area (Å²) in [5.74, 6) is 0. The van der Waals surface area contributed by atoms with E-state index in [1.54, 1.807) is 0 Å². The van der Waals surface area contributed by atoms with Crippen molar-refractivity contribution >= 4 is 6.29 Å². The fourth-order valence-electron chi connectivity index (χ4n) is 2.91. The van der Waals surface area contributed by atoms with Crippen LogP contribution in [0.1, 0.15) is 52.0 Å². The number of benzene rings is 1. The maximum absolute atomic E-state index is 11.6. The Bertz CT molecular complexity index is 507. The third-order valence-electron chi connectivity index (χ3n) is 4.22. The SMILES string of the molecule is CCCCCC1=CC(C)(C)C(C=O)N1OCc1ccccc1. The predicted octanol–water partition coefficient (Wildman–Crippen LogP) is 4.49. The number of unbranched alkanes of at least 4 members (excludes halogenated alkanes) is 2. The minimum absolute atomic E-state index is 0.181. The van der Waals surface area contributed by atoms with Crippen molar-refractivity contribution < 1.29 is 9.63 Å². The van der Waals surface area contributed by atoms with Crippen LogP contribution in [-0.4, -0.2) is 17.4 Å². The molecule has 0 N–H and O–H groups in total. The normalized spacial score (nSPS) is 20.0. The summed E-state index contributed by atoms with van der Waals surface area (Å²) in [6, 6.07) is 9.83. The fraction of sp³-hybridized carbons (Fsp3) is 0.526. The van der Waals surface area contributed by atoms with Crippen LogP contribution in [0.15, 0.2) is 42.1 Å². The van der Waals surface area contributed by atoms with Crippen LogP contribution in [0, 0.1) is 5.41 Å². The van der Waals surface area contributed by atoms with Crippen LogP contribution < -0.4 is 0 Å². The Morgan fingerprint density at radius 2 is 1.95 bits per heavy atom. The monoisotopic (exact) mass is 301 g/mol. The molecule has 120 valence electrons. The molecule has 0 amide bonds. The molecule has 1 heterocycles. The first-order chi connectivity index (χ1) is 10.6. The molecular formula is C19H27NO2. The second kappa shape index (κ2) is 7.59. The van der Waals surface area contributed by atoms with Crippen LogP contribution in [0.5, 0.6) is 0 Å². The van der Waals surface area contributed by atoms with Gasteiger partial charge in [-0.05, 0) is 18.4 Å². The molecule has 0 aliphatic carbocycles. The van der Waals surface area contributed by atoms with E-state index < -0.39 is 0 Å². The highest BCUT2D eigenvalue weighted by molar-refractivity contribution is 5.62. The number of aldehydes is 1. The Kier molecular flexibility index (Phi) is 5.78. The van der Waals surface area contributed by atoms with Gasteiger partial charge in [-0.1, -0.05) is 70.0 Å². The minimum Gasteiger partial charge on any atom is -0.301 e. The highest BCUT2D eigenvalue weighted by atomic mass is 16.7. The zero-order chi connectivity index (χ0) is 16.0. The van der Waals surface area contributed by atoms with Gasteiger partial charge in [0.15, 0.2) is 0 Å². The minimum atomic E-state index is -0.243. The van der Waals surface area contributed by atoms with Crippen LogP contribution in [0.4, 0.5) is 0 Å². The van der Waals surface area contributed by atoms with Crippen molar-refractivity contribution in [1.82, 2.24) is 5.06 Å². The number of rotatable bonds is 8. The first-order valence-corrected chi connectivity index (χ1v) is 8.21. The number of allylic oxidation sites excluding steroid dienone is 1. The van der Waals surface area contributed by atoms with Gasteiger partial charge >= 0.3 is 0 Å². The van der Waals surface area contributed by atoms with Crippen molar-refractivity contribution in [2.45, 2.75) is 59.1 Å². The lowest BCUT2D eigenvalue weighted by atomic mass is 9.87. The van der Waals surface area contributed by atoms with Gasteiger partial charge in [0.2, 0.25) is 0 Å². The summed E-state index contributed by atoms with van der Waals surface area (Å²) >= 11 is 0. The molecule has 0 radical (unpaired) electrons. The summed E-state index contributed by atoms with van der Waals surface area (Å²) in [6.45, 7) is 6.88. The molecule has 0 aromatic heterocycles.